The third-order valence-electron chi connectivity index (χ3n) is 7.75. The summed E-state index contributed by atoms with van der Waals surface area (Å²) in [6, 6.07) is 7.09. The molecule has 0 spiro atoms. The Hall–Kier alpha value is -5.75. The number of pyridine rings is 1. The molecule has 4 N–H and O–H groups in total. The van der Waals surface area contributed by atoms with Crippen LogP contribution in [0.3, 0.4) is 0 Å². The Labute approximate surface area is 296 Å². The fourth-order valence-corrected chi connectivity index (χ4v) is 5.75. The van der Waals surface area contributed by atoms with E-state index in [0.29, 0.717) is 23.3 Å². The molecule has 0 aliphatic heterocycles. The summed E-state index contributed by atoms with van der Waals surface area (Å²) in [6.07, 6.45) is 2.42. The molecule has 52 heavy (non-hydrogen) atoms. The molecule has 4 aromatic rings. The van der Waals surface area contributed by atoms with E-state index >= 15 is 8.78 Å². The molecule has 2 aromatic heterocycles. The van der Waals surface area contributed by atoms with Gasteiger partial charge in [-0.1, -0.05) is 6.07 Å². The third-order valence-corrected chi connectivity index (χ3v) is 9.13. The Morgan fingerprint density at radius 2 is 1.71 bits per heavy atom. The summed E-state index contributed by atoms with van der Waals surface area (Å²) in [5.41, 5.74) is -3.11. The molecule has 0 saturated heterocycles. The Bertz CT molecular complexity index is 2200. The number of aromatic nitrogens is 3. The lowest BCUT2D eigenvalue weighted by Gasteiger charge is -2.20. The molecule has 0 unspecified atom stereocenters. The van der Waals surface area contributed by atoms with Gasteiger partial charge in [0.25, 0.3) is 21.5 Å². The van der Waals surface area contributed by atoms with Crippen LogP contribution in [0, 0.1) is 24.0 Å². The quantitative estimate of drug-likeness (QED) is 0.147. The molecule has 2 amide bonds. The van der Waals surface area contributed by atoms with Crippen LogP contribution in [-0.2, 0) is 37.8 Å². The number of sulfonamides is 1. The number of anilines is 2. The van der Waals surface area contributed by atoms with Crippen molar-refractivity contribution in [1.29, 1.82) is 0 Å². The first-order chi connectivity index (χ1) is 24.4. The molecule has 4 rings (SSSR count). The molecule has 15 nitrogen and oxygen atoms in total. The number of amides is 2. The van der Waals surface area contributed by atoms with Crippen molar-refractivity contribution in [1.82, 2.24) is 19.4 Å². The molecule has 0 fully saturated rings. The monoisotopic (exact) mass is 742 g/mol. The second-order valence-electron chi connectivity index (χ2n) is 12.3. The van der Waals surface area contributed by atoms with E-state index in [1.54, 1.807) is 0 Å². The number of nitrogens with one attached hydrogen (secondary N) is 3. The molecule has 0 aliphatic rings. The minimum atomic E-state index is -4.48. The second-order valence-corrected chi connectivity index (χ2v) is 14.0. The van der Waals surface area contributed by atoms with Crippen LogP contribution < -0.4 is 26.6 Å². The van der Waals surface area contributed by atoms with Crippen LogP contribution in [-0.4, -0.2) is 64.7 Å². The lowest BCUT2D eigenvalue weighted by atomic mass is 9.93. The average molecular weight is 743 g/mol. The Morgan fingerprint density at radius 3 is 2.31 bits per heavy atom. The van der Waals surface area contributed by atoms with Crippen LogP contribution in [0.25, 0.3) is 5.82 Å². The summed E-state index contributed by atoms with van der Waals surface area (Å²) in [5.74, 6) is -5.26. The summed E-state index contributed by atoms with van der Waals surface area (Å²) in [6.45, 7) is 5.58. The molecule has 276 valence electrons. The SMILES string of the molecule is CCOC(=O)[C@H](Cc1ccc(-n2c(=O)c(C)cn(C)c2=O)nc1)NC(=O)c1cc(F)c(NS(=O)(=O)c2ccc(NC(=O)C(C)(C)CO)cc2)cc1F. The van der Waals surface area contributed by atoms with Gasteiger partial charge in [0, 0.05) is 43.2 Å². The zero-order valence-corrected chi connectivity index (χ0v) is 29.5. The van der Waals surface area contributed by atoms with Crippen LogP contribution in [0.4, 0.5) is 20.2 Å². The van der Waals surface area contributed by atoms with Crippen molar-refractivity contribution in [2.75, 3.05) is 23.3 Å². The lowest BCUT2D eigenvalue weighted by Crippen LogP contribution is -2.43. The number of hydrogen-bond donors (Lipinski definition) is 4. The van der Waals surface area contributed by atoms with E-state index in [1.807, 2.05) is 4.72 Å². The van der Waals surface area contributed by atoms with E-state index in [0.717, 1.165) is 16.7 Å². The highest BCUT2D eigenvalue weighted by molar-refractivity contribution is 7.92. The highest BCUT2D eigenvalue weighted by atomic mass is 32.2. The number of ether oxygens (including phenoxy) is 1. The maximum Gasteiger partial charge on any atom is 0.336 e. The fourth-order valence-electron chi connectivity index (χ4n) is 4.69. The molecule has 18 heteroatoms. The predicted octanol–water partition coefficient (Wildman–Crippen LogP) is 2.18. The number of halogens is 2. The Kier molecular flexibility index (Phi) is 11.7. The first-order valence-electron chi connectivity index (χ1n) is 15.6. The molecule has 1 atom stereocenters. The molecule has 2 aromatic carbocycles. The van der Waals surface area contributed by atoms with E-state index in [2.05, 4.69) is 15.6 Å². The summed E-state index contributed by atoms with van der Waals surface area (Å²) in [7, 11) is -3.01. The zero-order chi connectivity index (χ0) is 38.5. The maximum absolute atomic E-state index is 15.2. The Balaban J connectivity index is 1.51. The minimum absolute atomic E-state index is 0.00640. The highest BCUT2D eigenvalue weighted by Gasteiger charge is 2.28. The number of carbonyl (C=O) groups excluding carboxylic acids is 3. The third kappa shape index (κ3) is 8.75. The molecular weight excluding hydrogens is 706 g/mol. The smallest absolute Gasteiger partial charge is 0.336 e. The standard InChI is InChI=1S/C34H36F2N6O9S/c1-6-51-31(46)27(13-20-7-12-28(37-16-20)42-30(45)19(2)17-41(5)33(42)48)39-29(44)23-14-25(36)26(15-24(23)35)40-52(49,50)22-10-8-21(9-11-22)38-32(47)34(3,4)18-43/h7-12,14-17,27,40,43H,6,13,18H2,1-5H3,(H,38,47)(H,39,44)/t27-/m0/s1. The number of hydrogen-bond acceptors (Lipinski definition) is 10. The predicted molar refractivity (Wildman–Crippen MR) is 185 cm³/mol. The molecule has 0 bridgehead atoms. The van der Waals surface area contributed by atoms with Crippen LogP contribution in [0.15, 0.2) is 75.4 Å². The zero-order valence-electron chi connectivity index (χ0n) is 28.7. The Morgan fingerprint density at radius 1 is 1.04 bits per heavy atom. The van der Waals surface area contributed by atoms with Gasteiger partial charge in [0.05, 0.1) is 34.8 Å². The van der Waals surface area contributed by atoms with Crippen LogP contribution >= 0.6 is 0 Å². The topological polar surface area (TPSA) is 208 Å². The van der Waals surface area contributed by atoms with E-state index in [1.165, 1.54) is 76.0 Å². The van der Waals surface area contributed by atoms with Gasteiger partial charge in [-0.05, 0) is 69.7 Å². The normalized spacial score (nSPS) is 12.2. The minimum Gasteiger partial charge on any atom is -0.464 e. The summed E-state index contributed by atoms with van der Waals surface area (Å²) in [4.78, 5) is 67.1. The van der Waals surface area contributed by atoms with Gasteiger partial charge in [0.15, 0.2) is 0 Å². The van der Waals surface area contributed by atoms with E-state index in [-0.39, 0.29) is 29.4 Å². The van der Waals surface area contributed by atoms with Crippen LogP contribution in [0.2, 0.25) is 0 Å². The average Bonchev–Trinajstić information content (AvgIpc) is 3.09. The first-order valence-corrected chi connectivity index (χ1v) is 17.1. The van der Waals surface area contributed by atoms with Crippen molar-refractivity contribution in [3.63, 3.8) is 0 Å². The summed E-state index contributed by atoms with van der Waals surface area (Å²) in [5, 5.41) is 14.2. The van der Waals surface area contributed by atoms with Gasteiger partial charge in [-0.25, -0.2) is 36.3 Å². The van der Waals surface area contributed by atoms with E-state index < -0.39 is 80.0 Å². The number of aliphatic hydroxyl groups is 1. The number of rotatable bonds is 13. The van der Waals surface area contributed by atoms with Gasteiger partial charge in [-0.2, -0.15) is 0 Å². The summed E-state index contributed by atoms with van der Waals surface area (Å²) >= 11 is 0. The van der Waals surface area contributed by atoms with Crippen molar-refractivity contribution in [3.05, 3.63) is 110 Å². The second kappa shape index (κ2) is 15.6. The number of aryl methyl sites for hydroxylation is 2. The molecular formula is C34H36F2N6O9S. The van der Waals surface area contributed by atoms with E-state index in [9.17, 15) is 37.5 Å². The van der Waals surface area contributed by atoms with Crippen LogP contribution in [0.1, 0.15) is 42.3 Å². The van der Waals surface area contributed by atoms with Crippen LogP contribution in [0.5, 0.6) is 0 Å². The lowest BCUT2D eigenvalue weighted by molar-refractivity contribution is -0.145. The highest BCUT2D eigenvalue weighted by Crippen LogP contribution is 2.25. The van der Waals surface area contributed by atoms with Gasteiger partial charge in [-0.3, -0.25) is 19.1 Å². The fraction of sp³-hybridized carbons (Fsp3) is 0.294. The molecule has 2 heterocycles. The number of esters is 1. The number of carbonyl (C=O) groups is 3. The van der Waals surface area contributed by atoms with Crippen molar-refractivity contribution >= 4 is 39.2 Å². The van der Waals surface area contributed by atoms with Crippen molar-refractivity contribution in [2.24, 2.45) is 12.5 Å². The van der Waals surface area contributed by atoms with Gasteiger partial charge in [0.2, 0.25) is 5.91 Å². The number of nitrogens with zero attached hydrogens (tertiary/aromatic N) is 3. The van der Waals surface area contributed by atoms with Gasteiger partial charge in [-0.15, -0.1) is 0 Å². The van der Waals surface area contributed by atoms with E-state index in [4.69, 9.17) is 4.74 Å². The maximum atomic E-state index is 15.2. The summed E-state index contributed by atoms with van der Waals surface area (Å²) < 4.78 is 65.3. The van der Waals surface area contributed by atoms with Gasteiger partial charge >= 0.3 is 11.7 Å². The molecule has 0 aliphatic carbocycles. The molecule has 0 radical (unpaired) electrons. The van der Waals surface area contributed by atoms with Crippen molar-refractivity contribution < 1.29 is 41.4 Å². The molecule has 0 saturated carbocycles. The number of benzene rings is 2. The van der Waals surface area contributed by atoms with Crippen molar-refractivity contribution in [2.45, 2.75) is 45.1 Å². The largest absolute Gasteiger partial charge is 0.464 e. The van der Waals surface area contributed by atoms with Gasteiger partial charge in [0.1, 0.15) is 23.5 Å². The van der Waals surface area contributed by atoms with Gasteiger partial charge < -0.3 is 25.0 Å². The van der Waals surface area contributed by atoms with Crippen molar-refractivity contribution in [3.8, 4) is 5.82 Å². The number of aliphatic hydroxyl groups excluding tert-OH is 1. The first kappa shape index (κ1) is 39.0.